The van der Waals surface area contributed by atoms with Gasteiger partial charge in [-0.05, 0) is 12.8 Å². The van der Waals surface area contributed by atoms with Gasteiger partial charge in [0.15, 0.2) is 5.08 Å². The minimum atomic E-state index is -4.01. The molecule has 0 atom stereocenters. The maximum absolute atomic E-state index is 10.8. The largest absolute Gasteiger partial charge is 0.283 e. The van der Waals surface area contributed by atoms with E-state index in [0.717, 1.165) is 0 Å². The van der Waals surface area contributed by atoms with E-state index in [0.29, 0.717) is 12.8 Å². The monoisotopic (exact) mass is 215 g/mol. The van der Waals surface area contributed by atoms with Gasteiger partial charge >= 0.3 is 0 Å². The zero-order chi connectivity index (χ0) is 9.41. The summed E-state index contributed by atoms with van der Waals surface area (Å²) in [5.41, 5.74) is 0. The third-order valence-corrected chi connectivity index (χ3v) is 4.15. The molecule has 0 aromatic rings. The first kappa shape index (κ1) is 9.90. The van der Waals surface area contributed by atoms with E-state index in [4.69, 9.17) is 0 Å². The molecule has 0 aromatic carbocycles. The van der Waals surface area contributed by atoms with Crippen LogP contribution in [0.5, 0.6) is 0 Å². The maximum Gasteiger partial charge on any atom is 0.283 e. The highest BCUT2D eigenvalue weighted by Crippen LogP contribution is 2.25. The van der Waals surface area contributed by atoms with Gasteiger partial charge in [0.2, 0.25) is 10.0 Å². The molecule has 0 radical (unpaired) electrons. The third-order valence-electron chi connectivity index (χ3n) is 1.12. The lowest BCUT2D eigenvalue weighted by atomic mass is 10.9. The second kappa shape index (κ2) is 2.95. The van der Waals surface area contributed by atoms with E-state index in [1.165, 1.54) is 0 Å². The summed E-state index contributed by atoms with van der Waals surface area (Å²) < 4.78 is 46.8. The Labute approximate surface area is 70.9 Å². The Bertz CT molecular complexity index is 351. The highest BCUT2D eigenvalue weighted by atomic mass is 32.3. The summed E-state index contributed by atoms with van der Waals surface area (Å²) in [4.78, 5) is 0. The van der Waals surface area contributed by atoms with Crippen LogP contribution >= 0.6 is 0 Å². The zero-order valence-electron chi connectivity index (χ0n) is 6.13. The first-order valence-electron chi connectivity index (χ1n) is 3.20. The van der Waals surface area contributed by atoms with Crippen LogP contribution in [-0.2, 0) is 24.3 Å². The van der Waals surface area contributed by atoms with Gasteiger partial charge in [0.25, 0.3) is 10.1 Å². The molecule has 0 spiro atoms. The molecule has 0 aromatic heterocycles. The van der Waals surface area contributed by atoms with Crippen molar-refractivity contribution < 1.29 is 21.0 Å². The van der Waals surface area contributed by atoms with Gasteiger partial charge in [-0.25, -0.2) is 13.6 Å². The normalized spacial score (nSPS) is 19.4. The molecule has 0 heterocycles. The van der Waals surface area contributed by atoms with E-state index in [9.17, 15) is 16.8 Å². The fourth-order valence-corrected chi connectivity index (χ4v) is 3.04. The minimum absolute atomic E-state index is 0.336. The summed E-state index contributed by atoms with van der Waals surface area (Å²) in [5.74, 6) is 0. The second-order valence-electron chi connectivity index (χ2n) is 2.63. The van der Waals surface area contributed by atoms with Crippen LogP contribution in [0.2, 0.25) is 0 Å². The van der Waals surface area contributed by atoms with Crippen molar-refractivity contribution in [1.82, 2.24) is 0 Å². The summed E-state index contributed by atoms with van der Waals surface area (Å²) in [7, 11) is -8.00. The molecule has 8 heteroatoms. The molecule has 6 nitrogen and oxygen atoms in total. The van der Waals surface area contributed by atoms with Crippen molar-refractivity contribution in [3.05, 3.63) is 0 Å². The minimum Gasteiger partial charge on any atom is -0.266 e. The van der Waals surface area contributed by atoms with Gasteiger partial charge in [-0.3, -0.25) is 4.18 Å². The van der Waals surface area contributed by atoms with Crippen molar-refractivity contribution in [1.29, 1.82) is 0 Å². The van der Waals surface area contributed by atoms with Crippen LogP contribution < -0.4 is 5.14 Å². The zero-order valence-corrected chi connectivity index (χ0v) is 7.77. The van der Waals surface area contributed by atoms with Crippen LogP contribution in [0.3, 0.4) is 0 Å². The van der Waals surface area contributed by atoms with Crippen molar-refractivity contribution in [3.8, 4) is 0 Å². The van der Waals surface area contributed by atoms with Gasteiger partial charge in [0.05, 0.1) is 6.10 Å². The molecule has 0 aliphatic heterocycles. The Morgan fingerprint density at radius 3 is 2.08 bits per heavy atom. The van der Waals surface area contributed by atoms with E-state index < -0.39 is 25.2 Å². The maximum atomic E-state index is 10.8. The number of rotatable bonds is 4. The fraction of sp³-hybridized carbons (Fsp3) is 1.00. The Morgan fingerprint density at radius 2 is 1.75 bits per heavy atom. The van der Waals surface area contributed by atoms with Gasteiger partial charge < -0.3 is 0 Å². The van der Waals surface area contributed by atoms with E-state index in [-0.39, 0.29) is 6.10 Å². The lowest BCUT2D eigenvalue weighted by Crippen LogP contribution is -2.25. The standard InChI is InChI=1S/C4H9NO5S2/c5-11(6,7)3-12(8,9)10-4-1-2-4/h4H,1-3H2,(H2,5,6,7). The lowest BCUT2D eigenvalue weighted by Gasteiger charge is -2.01. The Hall–Kier alpha value is -0.180. The van der Waals surface area contributed by atoms with Crippen molar-refractivity contribution >= 4 is 20.1 Å². The van der Waals surface area contributed by atoms with Crippen LogP contribution in [0.4, 0.5) is 0 Å². The van der Waals surface area contributed by atoms with Crippen molar-refractivity contribution in [2.24, 2.45) is 5.14 Å². The molecule has 0 unspecified atom stereocenters. The summed E-state index contributed by atoms with van der Waals surface area (Å²) in [5, 5.41) is 3.39. The van der Waals surface area contributed by atoms with Crippen LogP contribution in [0.15, 0.2) is 0 Å². The molecular formula is C4H9NO5S2. The van der Waals surface area contributed by atoms with Gasteiger partial charge in [-0.1, -0.05) is 0 Å². The van der Waals surface area contributed by atoms with Crippen LogP contribution in [0.25, 0.3) is 0 Å². The quantitative estimate of drug-likeness (QED) is 0.589. The van der Waals surface area contributed by atoms with Crippen LogP contribution in [-0.4, -0.2) is 28.0 Å². The Balaban J connectivity index is 2.59. The molecule has 1 aliphatic rings. The molecule has 1 rings (SSSR count). The molecule has 1 fully saturated rings. The topological polar surface area (TPSA) is 104 Å². The number of hydrogen-bond donors (Lipinski definition) is 1. The summed E-state index contributed by atoms with van der Waals surface area (Å²) in [6.45, 7) is 0. The van der Waals surface area contributed by atoms with Crippen LogP contribution in [0.1, 0.15) is 12.8 Å². The molecule has 12 heavy (non-hydrogen) atoms. The van der Waals surface area contributed by atoms with Gasteiger partial charge in [0, 0.05) is 0 Å². The smallest absolute Gasteiger partial charge is 0.266 e. The Morgan fingerprint density at radius 1 is 1.25 bits per heavy atom. The highest BCUT2D eigenvalue weighted by Gasteiger charge is 2.31. The average Bonchev–Trinajstić information content (AvgIpc) is 2.39. The molecule has 1 aliphatic carbocycles. The molecular weight excluding hydrogens is 206 g/mol. The summed E-state index contributed by atoms with van der Waals surface area (Å²) >= 11 is 0. The number of hydrogen-bond acceptors (Lipinski definition) is 5. The van der Waals surface area contributed by atoms with E-state index in [1.54, 1.807) is 0 Å². The number of sulfonamides is 1. The van der Waals surface area contributed by atoms with Gasteiger partial charge in [-0.2, -0.15) is 8.42 Å². The predicted octanol–water partition coefficient (Wildman–Crippen LogP) is -1.26. The molecule has 0 amide bonds. The fourth-order valence-electron chi connectivity index (χ4n) is 0.601. The van der Waals surface area contributed by atoms with Gasteiger partial charge in [0.1, 0.15) is 0 Å². The van der Waals surface area contributed by atoms with Crippen molar-refractivity contribution in [2.75, 3.05) is 5.08 Å². The highest BCUT2D eigenvalue weighted by molar-refractivity contribution is 8.04. The molecule has 1 saturated carbocycles. The molecule has 2 N–H and O–H groups in total. The van der Waals surface area contributed by atoms with E-state index in [1.807, 2.05) is 0 Å². The molecule has 72 valence electrons. The second-order valence-corrected chi connectivity index (χ2v) is 6.21. The van der Waals surface area contributed by atoms with E-state index in [2.05, 4.69) is 9.32 Å². The van der Waals surface area contributed by atoms with Crippen LogP contribution in [0, 0.1) is 0 Å². The van der Waals surface area contributed by atoms with Crippen molar-refractivity contribution in [3.63, 3.8) is 0 Å². The van der Waals surface area contributed by atoms with E-state index >= 15 is 0 Å². The SMILES string of the molecule is NS(=O)(=O)CS(=O)(=O)OC1CC1. The summed E-state index contributed by atoms with van der Waals surface area (Å²) in [6, 6.07) is 0. The molecule has 0 bridgehead atoms. The first-order chi connectivity index (χ1) is 5.29. The molecule has 0 saturated heterocycles. The lowest BCUT2D eigenvalue weighted by molar-refractivity contribution is 0.308. The van der Waals surface area contributed by atoms with Crippen molar-refractivity contribution in [2.45, 2.75) is 18.9 Å². The predicted molar refractivity (Wildman–Crippen MR) is 41.0 cm³/mol. The number of primary sulfonamides is 1. The first-order valence-corrected chi connectivity index (χ1v) is 6.49. The third kappa shape index (κ3) is 4.00. The van der Waals surface area contributed by atoms with Gasteiger partial charge in [-0.15, -0.1) is 0 Å². The average molecular weight is 215 g/mol. The number of nitrogens with two attached hydrogens (primary N) is 1. The summed E-state index contributed by atoms with van der Waals surface area (Å²) in [6.07, 6.45) is 0.977. The Kier molecular flexibility index (Phi) is 2.43.